The molecule has 1 aliphatic rings. The molecule has 0 spiro atoms. The standard InChI is InChI=1S/C38H45N7O8/c1-4-5-6-9-22-50-37(48)43-35(39)26-11-14-28(15-12-26)41-24-33-42-30-23-27(13-18-31(30)44(33)3)36(47)45(32-10-7-8-20-40-32)21-19-34(46)51-25(2)52-38(49)53-29-16-17-29/h7-8,10-15,18,20,23,25,29,41H,4-6,9,16-17,19,21-22,24H2,1-3H3,(H2,39,43,48). The number of ether oxygens (including phenoxy) is 4. The molecule has 53 heavy (non-hydrogen) atoms. The predicted octanol–water partition coefficient (Wildman–Crippen LogP) is 6.24. The van der Waals surface area contributed by atoms with Gasteiger partial charge in [0.05, 0.1) is 30.6 Å². The smallest absolute Gasteiger partial charge is 0.448 e. The molecule has 280 valence electrons. The Labute approximate surface area is 307 Å². The SMILES string of the molecule is CCCCCCOC(=O)/N=C(/N)c1ccc(NCc2nc3cc(C(=O)N(CCC(=O)OC(C)OC(=O)OC4CC4)c4ccccn4)ccc3n2C)cc1. The fourth-order valence-electron chi connectivity index (χ4n) is 5.31. The molecule has 2 aromatic heterocycles. The van der Waals surface area contributed by atoms with Crippen LogP contribution < -0.4 is 16.0 Å². The van der Waals surface area contributed by atoms with Gasteiger partial charge in [0.15, 0.2) is 0 Å². The summed E-state index contributed by atoms with van der Waals surface area (Å²) in [4.78, 5) is 64.6. The van der Waals surface area contributed by atoms with Gasteiger partial charge in [-0.2, -0.15) is 4.99 Å². The van der Waals surface area contributed by atoms with E-state index in [2.05, 4.69) is 22.2 Å². The van der Waals surface area contributed by atoms with Crippen LogP contribution in [-0.4, -0.2) is 70.0 Å². The van der Waals surface area contributed by atoms with Crippen LogP contribution in [0.1, 0.15) is 80.5 Å². The summed E-state index contributed by atoms with van der Waals surface area (Å²) >= 11 is 0. The van der Waals surface area contributed by atoms with E-state index in [9.17, 15) is 19.2 Å². The number of pyridine rings is 1. The summed E-state index contributed by atoms with van der Waals surface area (Å²) in [5.41, 5.74) is 9.19. The van der Waals surface area contributed by atoms with E-state index in [1.165, 1.54) is 11.8 Å². The molecule has 2 heterocycles. The molecule has 1 aliphatic carbocycles. The van der Waals surface area contributed by atoms with E-state index < -0.39 is 24.5 Å². The van der Waals surface area contributed by atoms with E-state index in [0.29, 0.717) is 35.6 Å². The van der Waals surface area contributed by atoms with Crippen LogP contribution in [0.4, 0.5) is 21.1 Å². The van der Waals surface area contributed by atoms with Crippen molar-refractivity contribution in [1.29, 1.82) is 0 Å². The maximum atomic E-state index is 13.9. The normalized spacial score (nSPS) is 13.2. The zero-order valence-electron chi connectivity index (χ0n) is 30.2. The molecule has 15 nitrogen and oxygen atoms in total. The summed E-state index contributed by atoms with van der Waals surface area (Å²) in [6.45, 7) is 4.19. The monoisotopic (exact) mass is 727 g/mol. The predicted molar refractivity (Wildman–Crippen MR) is 197 cm³/mol. The number of aryl methyl sites for hydroxylation is 1. The number of benzene rings is 2. The van der Waals surface area contributed by atoms with Gasteiger partial charge in [-0.05, 0) is 73.9 Å². The zero-order valence-corrected chi connectivity index (χ0v) is 30.2. The van der Waals surface area contributed by atoms with Gasteiger partial charge in [-0.25, -0.2) is 19.6 Å². The van der Waals surface area contributed by atoms with Crippen molar-refractivity contribution in [1.82, 2.24) is 14.5 Å². The van der Waals surface area contributed by atoms with Crippen LogP contribution >= 0.6 is 0 Å². The van der Waals surface area contributed by atoms with Gasteiger partial charge in [0, 0.05) is 43.5 Å². The lowest BCUT2D eigenvalue weighted by molar-refractivity contribution is -0.167. The van der Waals surface area contributed by atoms with E-state index in [-0.39, 0.29) is 30.8 Å². The number of hydrogen-bond donors (Lipinski definition) is 2. The summed E-state index contributed by atoms with van der Waals surface area (Å²) in [6, 6.07) is 17.5. The van der Waals surface area contributed by atoms with Crippen molar-refractivity contribution in [3.8, 4) is 0 Å². The number of carbonyl (C=O) groups is 4. The quantitative estimate of drug-likeness (QED) is 0.0311. The number of aliphatic imine (C=N–C) groups is 1. The molecule has 1 atom stereocenters. The van der Waals surface area contributed by atoms with E-state index in [1.54, 1.807) is 48.7 Å². The van der Waals surface area contributed by atoms with Crippen LogP contribution in [-0.2, 0) is 37.3 Å². The minimum atomic E-state index is -1.15. The summed E-state index contributed by atoms with van der Waals surface area (Å²) in [5.74, 6) is 0.0964. The lowest BCUT2D eigenvalue weighted by atomic mass is 10.1. The third-order valence-corrected chi connectivity index (χ3v) is 8.34. The highest BCUT2D eigenvalue weighted by Gasteiger charge is 2.28. The number of anilines is 2. The highest BCUT2D eigenvalue weighted by molar-refractivity contribution is 6.07. The maximum absolute atomic E-state index is 13.9. The van der Waals surface area contributed by atoms with Crippen LogP contribution in [0.15, 0.2) is 71.9 Å². The molecule has 1 unspecified atom stereocenters. The largest absolute Gasteiger partial charge is 0.511 e. The van der Waals surface area contributed by atoms with Crippen molar-refractivity contribution in [2.45, 2.75) is 77.7 Å². The first kappa shape index (κ1) is 38.2. The van der Waals surface area contributed by atoms with Crippen LogP contribution in [0.3, 0.4) is 0 Å². The van der Waals surface area contributed by atoms with Crippen molar-refractivity contribution in [2.24, 2.45) is 17.8 Å². The molecular formula is C38H45N7O8. The Balaban J connectivity index is 1.19. The highest BCUT2D eigenvalue weighted by atomic mass is 16.8. The number of amidine groups is 1. The maximum Gasteiger partial charge on any atom is 0.511 e. The van der Waals surface area contributed by atoms with Crippen molar-refractivity contribution >= 4 is 52.5 Å². The number of rotatable bonds is 17. The van der Waals surface area contributed by atoms with Gasteiger partial charge in [-0.1, -0.05) is 32.3 Å². The lowest BCUT2D eigenvalue weighted by Gasteiger charge is -2.22. The number of nitrogens with zero attached hydrogens (tertiary/aromatic N) is 5. The number of fused-ring (bicyclic) bond motifs is 1. The first-order chi connectivity index (χ1) is 25.6. The van der Waals surface area contributed by atoms with Crippen molar-refractivity contribution in [2.75, 3.05) is 23.4 Å². The summed E-state index contributed by atoms with van der Waals surface area (Å²) in [5, 5.41) is 3.34. The second-order valence-corrected chi connectivity index (χ2v) is 12.5. The number of aromatic nitrogens is 3. The van der Waals surface area contributed by atoms with Gasteiger partial charge in [0.2, 0.25) is 6.29 Å². The molecule has 0 aliphatic heterocycles. The second-order valence-electron chi connectivity index (χ2n) is 12.5. The molecule has 3 N–H and O–H groups in total. The fraction of sp³-hybridized carbons (Fsp3) is 0.395. The van der Waals surface area contributed by atoms with E-state index in [4.69, 9.17) is 29.7 Å². The molecule has 15 heteroatoms. The number of unbranched alkanes of at least 4 members (excludes halogenated alkanes) is 3. The Hall–Kier alpha value is -5.99. The first-order valence-electron chi connectivity index (χ1n) is 17.7. The first-order valence-corrected chi connectivity index (χ1v) is 17.7. The van der Waals surface area contributed by atoms with Gasteiger partial charge in [-0.15, -0.1) is 0 Å². The number of nitrogens with two attached hydrogens (primary N) is 1. The average Bonchev–Trinajstić information content (AvgIpc) is 3.91. The van der Waals surface area contributed by atoms with Gasteiger partial charge in [0.25, 0.3) is 5.91 Å². The topological polar surface area (TPSA) is 190 Å². The zero-order chi connectivity index (χ0) is 37.7. The van der Waals surface area contributed by atoms with Crippen molar-refractivity contribution in [3.63, 3.8) is 0 Å². The Bertz CT molecular complexity index is 1910. The Morgan fingerprint density at radius 2 is 1.79 bits per heavy atom. The third kappa shape index (κ3) is 11.2. The minimum absolute atomic E-state index is 0.0388. The minimum Gasteiger partial charge on any atom is -0.448 e. The van der Waals surface area contributed by atoms with E-state index >= 15 is 0 Å². The van der Waals surface area contributed by atoms with Gasteiger partial charge >= 0.3 is 18.2 Å². The van der Waals surface area contributed by atoms with Crippen LogP contribution in [0.5, 0.6) is 0 Å². The van der Waals surface area contributed by atoms with Crippen LogP contribution in [0.2, 0.25) is 0 Å². The number of nitrogens with one attached hydrogen (secondary N) is 1. The molecule has 0 saturated heterocycles. The van der Waals surface area contributed by atoms with Gasteiger partial charge in [0.1, 0.15) is 23.6 Å². The van der Waals surface area contributed by atoms with Gasteiger partial charge in [-0.3, -0.25) is 14.5 Å². The van der Waals surface area contributed by atoms with Crippen molar-refractivity contribution < 1.29 is 38.1 Å². The van der Waals surface area contributed by atoms with E-state index in [0.717, 1.165) is 55.6 Å². The van der Waals surface area contributed by atoms with Crippen LogP contribution in [0.25, 0.3) is 11.0 Å². The molecule has 0 radical (unpaired) electrons. The van der Waals surface area contributed by atoms with Gasteiger partial charge < -0.3 is 34.6 Å². The number of carbonyl (C=O) groups excluding carboxylic acids is 4. The molecule has 1 saturated carbocycles. The Morgan fingerprint density at radius 3 is 2.51 bits per heavy atom. The fourth-order valence-corrected chi connectivity index (χ4v) is 5.31. The summed E-state index contributed by atoms with van der Waals surface area (Å²) in [6.07, 6.45) is 4.06. The third-order valence-electron chi connectivity index (χ3n) is 8.34. The molecule has 2 aromatic carbocycles. The number of hydrogen-bond acceptors (Lipinski definition) is 11. The van der Waals surface area contributed by atoms with E-state index in [1.807, 2.05) is 29.8 Å². The number of amides is 2. The Morgan fingerprint density at radius 1 is 1.02 bits per heavy atom. The molecule has 0 bridgehead atoms. The summed E-state index contributed by atoms with van der Waals surface area (Å²) < 4.78 is 22.3. The molecule has 4 aromatic rings. The molecule has 5 rings (SSSR count). The average molecular weight is 728 g/mol. The second kappa shape index (κ2) is 18.5. The molecule has 2 amide bonds. The lowest BCUT2D eigenvalue weighted by Crippen LogP contribution is -2.34. The number of imidazole rings is 1. The van der Waals surface area contributed by atoms with Crippen LogP contribution in [0, 0.1) is 0 Å². The Kier molecular flexibility index (Phi) is 13.3. The van der Waals surface area contributed by atoms with Crippen molar-refractivity contribution in [3.05, 3.63) is 83.8 Å². The molecule has 1 fully saturated rings. The molecular weight excluding hydrogens is 682 g/mol. The number of esters is 1. The highest BCUT2D eigenvalue weighted by Crippen LogP contribution is 2.24. The summed E-state index contributed by atoms with van der Waals surface area (Å²) in [7, 11) is 1.89.